The van der Waals surface area contributed by atoms with Crippen LogP contribution in [0, 0.1) is 0 Å². The number of ether oxygens (including phenoxy) is 1. The number of anilines is 2. The Morgan fingerprint density at radius 2 is 1.89 bits per heavy atom. The van der Waals surface area contributed by atoms with Crippen LogP contribution in [0.3, 0.4) is 0 Å². The Morgan fingerprint density at radius 1 is 1.14 bits per heavy atom. The number of nitrogens with two attached hydrogens (primary N) is 1. The Kier molecular flexibility index (Phi) is 9.55. The van der Waals surface area contributed by atoms with Crippen LogP contribution in [0.25, 0.3) is 11.2 Å². The van der Waals surface area contributed by atoms with Gasteiger partial charge in [0.25, 0.3) is 5.91 Å². The van der Waals surface area contributed by atoms with Crippen LogP contribution in [0.1, 0.15) is 31.9 Å². The van der Waals surface area contributed by atoms with Gasteiger partial charge in [-0.3, -0.25) is 14.2 Å². The van der Waals surface area contributed by atoms with Gasteiger partial charge in [0.15, 0.2) is 23.8 Å². The van der Waals surface area contributed by atoms with Gasteiger partial charge >= 0.3 is 0 Å². The molecule has 2 aromatic heterocycles. The van der Waals surface area contributed by atoms with Gasteiger partial charge in [-0.05, 0) is 12.8 Å². The van der Waals surface area contributed by atoms with E-state index in [-0.39, 0.29) is 28.8 Å². The van der Waals surface area contributed by atoms with Crippen LogP contribution in [0.2, 0.25) is 0 Å². The summed E-state index contributed by atoms with van der Waals surface area (Å²) in [5, 5.41) is 28.8. The van der Waals surface area contributed by atoms with Crippen LogP contribution < -0.4 is 26.4 Å². The largest absolute Gasteiger partial charge is 0.387 e. The fourth-order valence-electron chi connectivity index (χ4n) is 3.76. The van der Waals surface area contributed by atoms with Crippen molar-refractivity contribution in [3.05, 3.63) is 6.33 Å². The first kappa shape index (κ1) is 28.5. The molecule has 16 nitrogen and oxygen atoms in total. The number of unbranched alkanes of at least 4 members (excludes halogenated alkanes) is 2. The summed E-state index contributed by atoms with van der Waals surface area (Å²) in [4.78, 5) is 36.6. The summed E-state index contributed by atoms with van der Waals surface area (Å²) >= 11 is 0. The first-order chi connectivity index (χ1) is 17.5. The molecule has 2 amide bonds. The Labute approximate surface area is 213 Å². The van der Waals surface area contributed by atoms with E-state index in [2.05, 4.69) is 35.6 Å². The van der Waals surface area contributed by atoms with Gasteiger partial charge in [0.05, 0.1) is 12.6 Å². The zero-order chi connectivity index (χ0) is 27.2. The van der Waals surface area contributed by atoms with Crippen molar-refractivity contribution >= 4 is 44.8 Å². The number of nitrogen functional groups attached to an aromatic ring is 1. The molecule has 0 spiro atoms. The number of hydrogen-bond donors (Lipinski definition) is 7. The lowest BCUT2D eigenvalue weighted by Gasteiger charge is -2.16. The molecule has 37 heavy (non-hydrogen) atoms. The Morgan fingerprint density at radius 3 is 2.59 bits per heavy atom. The van der Waals surface area contributed by atoms with Gasteiger partial charge < -0.3 is 36.6 Å². The highest BCUT2D eigenvalue weighted by atomic mass is 32.2. The topological polar surface area (TPSA) is 236 Å². The van der Waals surface area contributed by atoms with E-state index in [1.165, 1.54) is 17.9 Å². The molecular formula is C20H33N9O7S. The van der Waals surface area contributed by atoms with Crippen LogP contribution >= 0.6 is 0 Å². The number of imidazole rings is 1. The highest BCUT2D eigenvalue weighted by Crippen LogP contribution is 2.32. The predicted molar refractivity (Wildman–Crippen MR) is 133 cm³/mol. The summed E-state index contributed by atoms with van der Waals surface area (Å²) < 4.78 is 31.3. The first-order valence-corrected chi connectivity index (χ1v) is 13.6. The molecule has 8 N–H and O–H groups in total. The number of aliphatic hydroxyl groups excluding tert-OH is 2. The number of rotatable bonds is 13. The second kappa shape index (κ2) is 12.4. The number of hydrogen-bond acceptors (Lipinski definition) is 12. The zero-order valence-corrected chi connectivity index (χ0v) is 21.4. The lowest BCUT2D eigenvalue weighted by molar-refractivity contribution is -0.137. The minimum absolute atomic E-state index is 0.0662. The molecule has 17 heteroatoms. The Bertz CT molecular complexity index is 1210. The summed E-state index contributed by atoms with van der Waals surface area (Å²) in [7, 11) is -1.81. The number of amides is 2. The fraction of sp³-hybridized carbons (Fsp3) is 0.650. The smallest absolute Gasteiger partial charge is 0.251 e. The normalized spacial score (nSPS) is 21.7. The molecule has 0 radical (unpaired) electrons. The molecule has 0 saturated carbocycles. The maximum Gasteiger partial charge on any atom is 0.251 e. The van der Waals surface area contributed by atoms with E-state index < -0.39 is 40.5 Å². The van der Waals surface area contributed by atoms with Gasteiger partial charge in [0.2, 0.25) is 21.9 Å². The van der Waals surface area contributed by atoms with E-state index in [0.717, 1.165) is 12.7 Å². The van der Waals surface area contributed by atoms with Gasteiger partial charge in [-0.25, -0.2) is 18.1 Å². The van der Waals surface area contributed by atoms with Crippen molar-refractivity contribution in [1.29, 1.82) is 0 Å². The summed E-state index contributed by atoms with van der Waals surface area (Å²) in [6, 6.07) is 0. The number of carbonyl (C=O) groups is 2. The SMILES string of the molecule is CNC(=O)C1OC(n2cnc3c(N)nc(NCCNC(=O)CCCCCNS(C)(=O)=O)nc32)C(O)C1O. The van der Waals surface area contributed by atoms with Crippen molar-refractivity contribution in [3.8, 4) is 0 Å². The van der Waals surface area contributed by atoms with Gasteiger partial charge in [-0.1, -0.05) is 6.42 Å². The van der Waals surface area contributed by atoms with Crippen molar-refractivity contribution in [1.82, 2.24) is 34.9 Å². The van der Waals surface area contributed by atoms with Crippen LogP contribution in [0.15, 0.2) is 6.33 Å². The molecule has 206 valence electrons. The number of nitrogens with zero attached hydrogens (tertiary/aromatic N) is 4. The molecule has 1 aliphatic rings. The number of sulfonamides is 1. The maximum atomic E-state index is 12.0. The molecule has 3 heterocycles. The third-order valence-corrected chi connectivity index (χ3v) is 6.37. The number of likely N-dealkylation sites (N-methyl/N-ethyl adjacent to an activating group) is 1. The molecule has 3 rings (SSSR count). The molecule has 0 aromatic carbocycles. The number of nitrogens with one attached hydrogen (secondary N) is 4. The highest BCUT2D eigenvalue weighted by Gasteiger charge is 2.47. The molecule has 0 aliphatic carbocycles. The highest BCUT2D eigenvalue weighted by molar-refractivity contribution is 7.88. The Hall–Kier alpha value is -3.12. The lowest BCUT2D eigenvalue weighted by atomic mass is 10.1. The first-order valence-electron chi connectivity index (χ1n) is 11.7. The molecule has 1 fully saturated rings. The van der Waals surface area contributed by atoms with E-state index in [9.17, 15) is 28.2 Å². The van der Waals surface area contributed by atoms with E-state index >= 15 is 0 Å². The minimum Gasteiger partial charge on any atom is -0.387 e. The van der Waals surface area contributed by atoms with Crippen molar-refractivity contribution in [3.63, 3.8) is 0 Å². The van der Waals surface area contributed by atoms with Gasteiger partial charge in [-0.15, -0.1) is 0 Å². The molecule has 1 aliphatic heterocycles. The average Bonchev–Trinajstić information content (AvgIpc) is 3.39. The third kappa shape index (κ3) is 7.45. The van der Waals surface area contributed by atoms with E-state index in [4.69, 9.17) is 10.5 Å². The van der Waals surface area contributed by atoms with Crippen molar-refractivity contribution < 1.29 is 33.0 Å². The van der Waals surface area contributed by atoms with Crippen LogP contribution in [0.5, 0.6) is 0 Å². The molecule has 4 atom stereocenters. The summed E-state index contributed by atoms with van der Waals surface area (Å²) in [6.45, 7) is 0.931. The quantitative estimate of drug-likeness (QED) is 0.129. The van der Waals surface area contributed by atoms with Gasteiger partial charge in [0, 0.05) is 33.1 Å². The van der Waals surface area contributed by atoms with Gasteiger partial charge in [0.1, 0.15) is 17.7 Å². The predicted octanol–water partition coefficient (Wildman–Crippen LogP) is -2.59. The van der Waals surface area contributed by atoms with E-state index in [1.54, 1.807) is 0 Å². The molecule has 0 bridgehead atoms. The van der Waals surface area contributed by atoms with E-state index in [0.29, 0.717) is 38.9 Å². The standard InChI is InChI=1S/C20H33N9O7S/c1-22-18(33)15-13(31)14(32)19(36-15)29-10-25-12-16(21)27-20(28-17(12)29)24-9-8-23-11(30)6-4-3-5-7-26-37(2,34)35/h10,13-15,19,26,31-32H,3-9H2,1-2H3,(H,22,33)(H,23,30)(H3,21,24,27,28). The summed E-state index contributed by atoms with van der Waals surface area (Å²) in [5.41, 5.74) is 6.47. The average molecular weight is 544 g/mol. The van der Waals surface area contributed by atoms with E-state index in [1.807, 2.05) is 0 Å². The molecule has 1 saturated heterocycles. The summed E-state index contributed by atoms with van der Waals surface area (Å²) in [6.07, 6.45) is -0.532. The second-order valence-corrected chi connectivity index (χ2v) is 10.4. The molecular weight excluding hydrogens is 510 g/mol. The van der Waals surface area contributed by atoms with Crippen LogP contribution in [0.4, 0.5) is 11.8 Å². The minimum atomic E-state index is -3.20. The van der Waals surface area contributed by atoms with Crippen molar-refractivity contribution in [2.75, 3.05) is 44.0 Å². The Balaban J connectivity index is 1.51. The second-order valence-electron chi connectivity index (χ2n) is 8.55. The zero-order valence-electron chi connectivity index (χ0n) is 20.5. The number of aliphatic hydroxyl groups is 2. The van der Waals surface area contributed by atoms with Crippen LogP contribution in [-0.2, 0) is 24.3 Å². The number of carbonyl (C=O) groups excluding carboxylic acids is 2. The third-order valence-electron chi connectivity index (χ3n) is 5.64. The number of aromatic nitrogens is 4. The summed E-state index contributed by atoms with van der Waals surface area (Å²) in [5.74, 6) is -0.504. The fourth-order valence-corrected chi connectivity index (χ4v) is 4.28. The van der Waals surface area contributed by atoms with Crippen LogP contribution in [-0.4, -0.2) is 101 Å². The monoisotopic (exact) mass is 543 g/mol. The molecule has 4 unspecified atom stereocenters. The molecule has 2 aromatic rings. The van der Waals surface area contributed by atoms with Gasteiger partial charge in [-0.2, -0.15) is 9.97 Å². The lowest BCUT2D eigenvalue weighted by Crippen LogP contribution is -2.41. The van der Waals surface area contributed by atoms with Crippen molar-refractivity contribution in [2.45, 2.75) is 50.2 Å². The maximum absolute atomic E-state index is 12.0. The number of fused-ring (bicyclic) bond motifs is 1. The van der Waals surface area contributed by atoms with Crippen molar-refractivity contribution in [2.24, 2.45) is 0 Å².